The van der Waals surface area contributed by atoms with Gasteiger partial charge < -0.3 is 10.5 Å². The van der Waals surface area contributed by atoms with Crippen LogP contribution in [0.5, 0.6) is 0 Å². The maximum absolute atomic E-state index is 11.9. The van der Waals surface area contributed by atoms with Crippen molar-refractivity contribution in [3.05, 3.63) is 0 Å². The molecule has 19 heavy (non-hydrogen) atoms. The molecule has 1 unspecified atom stereocenters. The summed E-state index contributed by atoms with van der Waals surface area (Å²) in [4.78, 5) is 11.9. The van der Waals surface area contributed by atoms with Gasteiger partial charge in [-0.2, -0.15) is 0 Å². The molecule has 0 aliphatic carbocycles. The molecule has 2 N–H and O–H groups in total. The lowest BCUT2D eigenvalue weighted by Crippen LogP contribution is -2.38. The highest BCUT2D eigenvalue weighted by molar-refractivity contribution is 5.73. The lowest BCUT2D eigenvalue weighted by atomic mass is 9.90. The number of rotatable bonds is 8. The van der Waals surface area contributed by atoms with Crippen LogP contribution in [0, 0.1) is 11.8 Å². The van der Waals surface area contributed by atoms with Gasteiger partial charge in [0.1, 0.15) is 5.60 Å². The summed E-state index contributed by atoms with van der Waals surface area (Å²) in [7, 11) is 0. The molecule has 0 aliphatic rings. The van der Waals surface area contributed by atoms with Crippen LogP contribution in [0.25, 0.3) is 0 Å². The molecule has 0 aliphatic heterocycles. The molecule has 3 atom stereocenters. The molecule has 0 spiro atoms. The molecule has 0 fully saturated rings. The Kier molecular flexibility index (Phi) is 8.31. The molecular weight excluding hydrogens is 238 g/mol. The van der Waals surface area contributed by atoms with Crippen molar-refractivity contribution in [2.24, 2.45) is 17.6 Å². The Morgan fingerprint density at radius 2 is 1.79 bits per heavy atom. The Balaban J connectivity index is 4.11. The summed E-state index contributed by atoms with van der Waals surface area (Å²) in [6.45, 7) is 12.0. The molecule has 3 heteroatoms. The van der Waals surface area contributed by atoms with Crippen LogP contribution in [0.2, 0.25) is 0 Å². The second-order valence-electron chi connectivity index (χ2n) is 6.82. The van der Waals surface area contributed by atoms with Gasteiger partial charge in [-0.25, -0.2) is 0 Å². The number of carbonyl (C=O) groups is 1. The molecule has 0 saturated carbocycles. The fourth-order valence-corrected chi connectivity index (χ4v) is 2.10. The van der Waals surface area contributed by atoms with Gasteiger partial charge >= 0.3 is 5.97 Å². The van der Waals surface area contributed by atoms with E-state index >= 15 is 0 Å². The van der Waals surface area contributed by atoms with Crippen LogP contribution in [-0.4, -0.2) is 17.6 Å². The molecule has 114 valence electrons. The maximum Gasteiger partial charge on any atom is 0.310 e. The lowest BCUT2D eigenvalue weighted by molar-refractivity contribution is -0.160. The van der Waals surface area contributed by atoms with Gasteiger partial charge in [0.05, 0.1) is 5.92 Å². The van der Waals surface area contributed by atoms with Crippen LogP contribution in [0.15, 0.2) is 0 Å². The SMILES string of the molecule is CCCCC[C@@H](C)C[C@H](N)C(C)C(=O)OC(C)(C)C. The van der Waals surface area contributed by atoms with Gasteiger partial charge in [0.25, 0.3) is 0 Å². The van der Waals surface area contributed by atoms with E-state index in [4.69, 9.17) is 10.5 Å². The van der Waals surface area contributed by atoms with Crippen molar-refractivity contribution < 1.29 is 9.53 Å². The average Bonchev–Trinajstić information content (AvgIpc) is 2.25. The molecule has 0 aromatic heterocycles. The predicted molar refractivity (Wildman–Crippen MR) is 80.9 cm³/mol. The standard InChI is InChI=1S/C16H33NO2/c1-7-8-9-10-12(2)11-14(17)13(3)15(18)19-16(4,5)6/h12-14H,7-11,17H2,1-6H3/t12-,13?,14+/m1/s1. The van der Waals surface area contributed by atoms with Crippen molar-refractivity contribution in [1.82, 2.24) is 0 Å². The van der Waals surface area contributed by atoms with Gasteiger partial charge in [-0.3, -0.25) is 4.79 Å². The van der Waals surface area contributed by atoms with E-state index in [1.54, 1.807) is 0 Å². The second kappa shape index (κ2) is 8.57. The van der Waals surface area contributed by atoms with Crippen molar-refractivity contribution in [3.63, 3.8) is 0 Å². The van der Waals surface area contributed by atoms with E-state index in [9.17, 15) is 4.79 Å². The van der Waals surface area contributed by atoms with Gasteiger partial charge in [-0.15, -0.1) is 0 Å². The van der Waals surface area contributed by atoms with Crippen LogP contribution in [-0.2, 0) is 9.53 Å². The second-order valence-corrected chi connectivity index (χ2v) is 6.82. The third-order valence-electron chi connectivity index (χ3n) is 3.40. The molecular formula is C16H33NO2. The average molecular weight is 271 g/mol. The van der Waals surface area contributed by atoms with Crippen molar-refractivity contribution >= 4 is 5.97 Å². The summed E-state index contributed by atoms with van der Waals surface area (Å²) in [5.74, 6) is 0.167. The van der Waals surface area contributed by atoms with E-state index in [2.05, 4.69) is 13.8 Å². The zero-order valence-corrected chi connectivity index (χ0v) is 13.7. The molecule has 0 radical (unpaired) electrons. The van der Waals surface area contributed by atoms with Crippen molar-refractivity contribution in [1.29, 1.82) is 0 Å². The van der Waals surface area contributed by atoms with Gasteiger partial charge in [0.15, 0.2) is 0 Å². The van der Waals surface area contributed by atoms with Gasteiger partial charge in [0, 0.05) is 6.04 Å². The fraction of sp³-hybridized carbons (Fsp3) is 0.938. The highest BCUT2D eigenvalue weighted by atomic mass is 16.6. The van der Waals surface area contributed by atoms with Crippen molar-refractivity contribution in [3.8, 4) is 0 Å². The molecule has 0 rings (SSSR count). The quantitative estimate of drug-likeness (QED) is 0.538. The summed E-state index contributed by atoms with van der Waals surface area (Å²) in [6.07, 6.45) is 5.87. The zero-order valence-electron chi connectivity index (χ0n) is 13.7. The zero-order chi connectivity index (χ0) is 15.1. The number of ether oxygens (including phenoxy) is 1. The first-order valence-corrected chi connectivity index (χ1v) is 7.65. The maximum atomic E-state index is 11.9. The van der Waals surface area contributed by atoms with Gasteiger partial charge in [-0.1, -0.05) is 46.5 Å². The summed E-state index contributed by atoms with van der Waals surface area (Å²) < 4.78 is 5.38. The fourth-order valence-electron chi connectivity index (χ4n) is 2.10. The predicted octanol–water partition coefficient (Wildman–Crippen LogP) is 3.90. The minimum absolute atomic E-state index is 0.105. The van der Waals surface area contributed by atoms with Crippen LogP contribution in [0.3, 0.4) is 0 Å². The lowest BCUT2D eigenvalue weighted by Gasteiger charge is -2.26. The molecule has 0 saturated heterocycles. The Morgan fingerprint density at radius 1 is 1.21 bits per heavy atom. The molecule has 0 heterocycles. The minimum Gasteiger partial charge on any atom is -0.460 e. The van der Waals surface area contributed by atoms with Crippen LogP contribution < -0.4 is 5.73 Å². The number of hydrogen-bond donors (Lipinski definition) is 1. The Hall–Kier alpha value is -0.570. The Labute approximate surface area is 119 Å². The number of esters is 1. The Bertz CT molecular complexity index is 258. The van der Waals surface area contributed by atoms with Gasteiger partial charge in [0.2, 0.25) is 0 Å². The van der Waals surface area contributed by atoms with E-state index in [1.165, 1.54) is 25.7 Å². The number of nitrogens with two attached hydrogens (primary N) is 1. The van der Waals surface area contributed by atoms with Gasteiger partial charge in [-0.05, 0) is 33.1 Å². The summed E-state index contributed by atoms with van der Waals surface area (Å²) in [6, 6.07) is -0.105. The molecule has 0 bridgehead atoms. The minimum atomic E-state index is -0.433. The monoisotopic (exact) mass is 271 g/mol. The van der Waals surface area contributed by atoms with E-state index in [1.807, 2.05) is 27.7 Å². The normalized spacial score (nSPS) is 16.8. The third-order valence-corrected chi connectivity index (χ3v) is 3.40. The topological polar surface area (TPSA) is 52.3 Å². The molecule has 0 aromatic carbocycles. The van der Waals surface area contributed by atoms with Crippen molar-refractivity contribution in [2.75, 3.05) is 0 Å². The smallest absolute Gasteiger partial charge is 0.310 e. The van der Waals surface area contributed by atoms with Crippen molar-refractivity contribution in [2.45, 2.75) is 85.3 Å². The summed E-state index contributed by atoms with van der Waals surface area (Å²) >= 11 is 0. The summed E-state index contributed by atoms with van der Waals surface area (Å²) in [5.41, 5.74) is 5.71. The molecule has 0 amide bonds. The van der Waals surface area contributed by atoms with E-state index in [0.717, 1.165) is 6.42 Å². The largest absolute Gasteiger partial charge is 0.460 e. The van der Waals surface area contributed by atoms with E-state index in [0.29, 0.717) is 5.92 Å². The molecule has 3 nitrogen and oxygen atoms in total. The highest BCUT2D eigenvalue weighted by Crippen LogP contribution is 2.20. The Morgan fingerprint density at radius 3 is 2.26 bits per heavy atom. The van der Waals surface area contributed by atoms with Crippen LogP contribution in [0.4, 0.5) is 0 Å². The van der Waals surface area contributed by atoms with Crippen LogP contribution in [0.1, 0.15) is 73.6 Å². The third kappa shape index (κ3) is 9.04. The first-order valence-electron chi connectivity index (χ1n) is 7.65. The number of unbranched alkanes of at least 4 members (excludes halogenated alkanes) is 2. The first kappa shape index (κ1) is 18.4. The van der Waals surface area contributed by atoms with E-state index in [-0.39, 0.29) is 17.9 Å². The summed E-state index contributed by atoms with van der Waals surface area (Å²) in [5, 5.41) is 0. The number of hydrogen-bond acceptors (Lipinski definition) is 3. The first-order chi connectivity index (χ1) is 8.67. The number of carbonyl (C=O) groups excluding carboxylic acids is 1. The van der Waals surface area contributed by atoms with Crippen LogP contribution >= 0.6 is 0 Å². The molecule has 0 aromatic rings. The van der Waals surface area contributed by atoms with E-state index < -0.39 is 5.60 Å². The highest BCUT2D eigenvalue weighted by Gasteiger charge is 2.27.